The molecule has 0 aliphatic rings. The third kappa shape index (κ3) is 21.1. The summed E-state index contributed by atoms with van der Waals surface area (Å²) < 4.78 is 20.1. The Bertz CT molecular complexity index is 1420. The molecule has 2 aromatic carbocycles. The van der Waals surface area contributed by atoms with E-state index in [1.807, 2.05) is 88.4 Å². The van der Waals surface area contributed by atoms with E-state index in [4.69, 9.17) is 18.9 Å². The van der Waals surface area contributed by atoms with E-state index in [2.05, 4.69) is 21.3 Å². The Hall–Kier alpha value is -5.14. The zero-order valence-electron chi connectivity index (χ0n) is 35.1. The fraction of sp³-hybridized carbons (Fsp3) is 0.571. The number of alkyl carbamates (subject to hydrolysis) is 2. The van der Waals surface area contributed by atoms with E-state index in [0.29, 0.717) is 12.8 Å². The Kier molecular flexibility index (Phi) is 20.7. The maximum atomic E-state index is 12.9. The van der Waals surface area contributed by atoms with E-state index in [9.17, 15) is 28.8 Å². The maximum Gasteiger partial charge on any atom is 0.408 e. The molecule has 2 rings (SSSR count). The van der Waals surface area contributed by atoms with Gasteiger partial charge in [0.15, 0.2) is 0 Å². The molecule has 0 saturated heterocycles. The summed E-state index contributed by atoms with van der Waals surface area (Å²) in [5.41, 5.74) is 0.364. The number of hydrogen-bond acceptors (Lipinski definition) is 10. The van der Waals surface area contributed by atoms with Crippen molar-refractivity contribution in [2.45, 2.75) is 130 Å². The summed E-state index contributed by atoms with van der Waals surface area (Å²) >= 11 is 0. The van der Waals surface area contributed by atoms with Crippen LogP contribution in [0.15, 0.2) is 60.7 Å². The Morgan fingerprint density at radius 2 is 0.804 bits per heavy atom. The molecule has 0 saturated carbocycles. The van der Waals surface area contributed by atoms with Crippen LogP contribution in [-0.2, 0) is 51.0 Å². The summed E-state index contributed by atoms with van der Waals surface area (Å²) in [5, 5.41) is 10.6. The lowest BCUT2D eigenvalue weighted by Gasteiger charge is -2.25. The first-order valence-corrected chi connectivity index (χ1v) is 18.9. The lowest BCUT2D eigenvalue weighted by Crippen LogP contribution is -2.53. The largest absolute Gasteiger partial charge is 0.467 e. The van der Waals surface area contributed by atoms with Gasteiger partial charge in [-0.25, -0.2) is 19.2 Å². The van der Waals surface area contributed by atoms with Crippen molar-refractivity contribution < 1.29 is 47.7 Å². The normalized spacial score (nSPS) is 13.4. The van der Waals surface area contributed by atoms with Gasteiger partial charge in [-0.3, -0.25) is 9.59 Å². The van der Waals surface area contributed by atoms with E-state index in [1.165, 1.54) is 14.2 Å². The zero-order chi connectivity index (χ0) is 42.6. The van der Waals surface area contributed by atoms with Crippen molar-refractivity contribution >= 4 is 35.9 Å². The van der Waals surface area contributed by atoms with Gasteiger partial charge in [-0.1, -0.05) is 88.4 Å². The second kappa shape index (κ2) is 23.7. The molecule has 0 fully saturated rings. The van der Waals surface area contributed by atoms with E-state index in [-0.39, 0.29) is 24.7 Å². The molecule has 0 spiro atoms. The fourth-order valence-corrected chi connectivity index (χ4v) is 5.22. The number of ether oxygens (including phenoxy) is 4. The van der Waals surface area contributed by atoms with Gasteiger partial charge in [-0.2, -0.15) is 0 Å². The lowest BCUT2D eigenvalue weighted by atomic mass is 10.0. The van der Waals surface area contributed by atoms with E-state index in [0.717, 1.165) is 11.1 Å². The average molecular weight is 785 g/mol. The van der Waals surface area contributed by atoms with Crippen molar-refractivity contribution in [2.75, 3.05) is 14.2 Å². The second-order valence-electron chi connectivity index (χ2n) is 16.2. The summed E-state index contributed by atoms with van der Waals surface area (Å²) in [6.07, 6.45) is 0.0125. The van der Waals surface area contributed by atoms with Crippen LogP contribution in [0.1, 0.15) is 93.2 Å². The van der Waals surface area contributed by atoms with Crippen LogP contribution in [0.3, 0.4) is 0 Å². The number of carbonyl (C=O) groups is 6. The van der Waals surface area contributed by atoms with Crippen LogP contribution >= 0.6 is 0 Å². The van der Waals surface area contributed by atoms with E-state index < -0.39 is 71.3 Å². The third-order valence-electron chi connectivity index (χ3n) is 7.60. The molecule has 0 heterocycles. The molecule has 4 N–H and O–H groups in total. The van der Waals surface area contributed by atoms with Gasteiger partial charge in [0.05, 0.1) is 14.2 Å². The Balaban J connectivity index is 0.000000560. The molecule has 4 atom stereocenters. The number of rotatable bonds is 16. The molecule has 2 aromatic rings. The number of nitrogens with one attached hydrogen (secondary N) is 4. The van der Waals surface area contributed by atoms with Crippen molar-refractivity contribution in [3.63, 3.8) is 0 Å². The summed E-state index contributed by atoms with van der Waals surface area (Å²) in [5.74, 6) is -1.61. The maximum absolute atomic E-state index is 12.9. The van der Waals surface area contributed by atoms with Crippen LogP contribution in [0.5, 0.6) is 0 Å². The molecule has 14 heteroatoms. The quantitative estimate of drug-likeness (QED) is 0.122. The highest BCUT2D eigenvalue weighted by atomic mass is 16.6. The molecule has 14 nitrogen and oxygen atoms in total. The monoisotopic (exact) mass is 784 g/mol. The van der Waals surface area contributed by atoms with Gasteiger partial charge < -0.3 is 40.2 Å². The topological polar surface area (TPSA) is 187 Å². The molecule has 0 bridgehead atoms. The van der Waals surface area contributed by atoms with Crippen molar-refractivity contribution in [3.05, 3.63) is 71.8 Å². The van der Waals surface area contributed by atoms with Crippen molar-refractivity contribution in [2.24, 2.45) is 11.8 Å². The molecule has 4 amide bonds. The Labute approximate surface area is 332 Å². The molecule has 0 aliphatic carbocycles. The fourth-order valence-electron chi connectivity index (χ4n) is 5.22. The first-order valence-electron chi connectivity index (χ1n) is 18.9. The SMILES string of the molecule is COC(=O)[C@@H](CC(C)C)NC(=O)[C@H](Cc1ccccc1)NC(=O)OC(C)(C)C.COC(=O)[C@@H](CC(C)C)NC(=O)[C@H](Cc1ccccc1)NC(=O)OC(C)(C)C. The molecule has 0 aromatic heterocycles. The summed E-state index contributed by atoms with van der Waals surface area (Å²) in [7, 11) is 2.56. The van der Waals surface area contributed by atoms with Gasteiger partial charge >= 0.3 is 24.1 Å². The van der Waals surface area contributed by atoms with Crippen molar-refractivity contribution in [1.29, 1.82) is 0 Å². The van der Waals surface area contributed by atoms with Crippen LogP contribution < -0.4 is 21.3 Å². The van der Waals surface area contributed by atoms with Crippen LogP contribution in [-0.4, -0.2) is 85.5 Å². The highest BCUT2D eigenvalue weighted by Crippen LogP contribution is 2.13. The predicted molar refractivity (Wildman–Crippen MR) is 213 cm³/mol. The standard InChI is InChI=1S/2C21H32N2O5/c2*1-14(2)12-17(19(25)27-6)22-18(24)16(13-15-10-8-7-9-11-15)23-20(26)28-21(3,4)5/h2*7-11,14,16-17H,12-13H2,1-6H3,(H,22,24)(H,23,26)/t2*16-,17+/m00/s1. The molecule has 312 valence electrons. The minimum Gasteiger partial charge on any atom is -0.467 e. The smallest absolute Gasteiger partial charge is 0.408 e. The number of methoxy groups -OCH3 is 2. The van der Waals surface area contributed by atoms with Crippen molar-refractivity contribution in [3.8, 4) is 0 Å². The van der Waals surface area contributed by atoms with Gasteiger partial charge in [-0.05, 0) is 77.3 Å². The summed E-state index contributed by atoms with van der Waals surface area (Å²) in [4.78, 5) is 74.2. The molecule has 0 aliphatic heterocycles. The van der Waals surface area contributed by atoms with Gasteiger partial charge in [0.2, 0.25) is 11.8 Å². The van der Waals surface area contributed by atoms with Gasteiger partial charge in [0.1, 0.15) is 35.4 Å². The van der Waals surface area contributed by atoms with Crippen LogP contribution in [0.2, 0.25) is 0 Å². The number of esters is 2. The number of benzene rings is 2. The average Bonchev–Trinajstić information content (AvgIpc) is 3.08. The summed E-state index contributed by atoms with van der Waals surface area (Å²) in [6, 6.07) is 15.3. The van der Waals surface area contributed by atoms with Crippen molar-refractivity contribution in [1.82, 2.24) is 21.3 Å². The predicted octanol–water partition coefficient (Wildman–Crippen LogP) is 5.65. The molecule has 0 unspecified atom stereocenters. The highest BCUT2D eigenvalue weighted by Gasteiger charge is 2.31. The number of amides is 4. The minimum atomic E-state index is -0.892. The molecule has 0 radical (unpaired) electrons. The highest BCUT2D eigenvalue weighted by molar-refractivity contribution is 5.90. The lowest BCUT2D eigenvalue weighted by molar-refractivity contribution is -0.146. The van der Waals surface area contributed by atoms with Gasteiger partial charge in [-0.15, -0.1) is 0 Å². The minimum absolute atomic E-state index is 0.177. The van der Waals surface area contributed by atoms with E-state index in [1.54, 1.807) is 41.5 Å². The zero-order valence-corrected chi connectivity index (χ0v) is 35.1. The van der Waals surface area contributed by atoms with Gasteiger partial charge in [0, 0.05) is 12.8 Å². The number of carbonyl (C=O) groups excluding carboxylic acids is 6. The molecular formula is C42H64N4O10. The Morgan fingerprint density at radius 3 is 1.05 bits per heavy atom. The first-order chi connectivity index (χ1) is 26.0. The van der Waals surface area contributed by atoms with Crippen LogP contribution in [0, 0.1) is 11.8 Å². The van der Waals surface area contributed by atoms with Gasteiger partial charge in [0.25, 0.3) is 0 Å². The molecule has 56 heavy (non-hydrogen) atoms. The van der Waals surface area contributed by atoms with Crippen LogP contribution in [0.25, 0.3) is 0 Å². The van der Waals surface area contributed by atoms with Crippen LogP contribution in [0.4, 0.5) is 9.59 Å². The summed E-state index contributed by atoms with van der Waals surface area (Å²) in [6.45, 7) is 18.3. The third-order valence-corrected chi connectivity index (χ3v) is 7.60. The van der Waals surface area contributed by atoms with E-state index >= 15 is 0 Å². The second-order valence-corrected chi connectivity index (χ2v) is 16.2. The molecular weight excluding hydrogens is 720 g/mol. The number of hydrogen-bond donors (Lipinski definition) is 4. The Morgan fingerprint density at radius 1 is 0.500 bits per heavy atom. The first kappa shape index (κ1) is 48.9.